The van der Waals surface area contributed by atoms with Gasteiger partial charge >= 0.3 is 0 Å². The van der Waals surface area contributed by atoms with E-state index in [-0.39, 0.29) is 11.9 Å². The zero-order chi connectivity index (χ0) is 17.8. The van der Waals surface area contributed by atoms with Gasteiger partial charge in [-0.1, -0.05) is 36.4 Å². The molecule has 1 amide bonds. The monoisotopic (exact) mass is 337 g/mol. The van der Waals surface area contributed by atoms with Crippen molar-refractivity contribution in [2.45, 2.75) is 13.0 Å². The number of nitrogens with one attached hydrogen (secondary N) is 1. The molecule has 0 saturated heterocycles. The van der Waals surface area contributed by atoms with E-state index in [0.717, 1.165) is 22.4 Å². The van der Waals surface area contributed by atoms with E-state index in [2.05, 4.69) is 5.32 Å². The van der Waals surface area contributed by atoms with Gasteiger partial charge in [-0.15, -0.1) is 0 Å². The fourth-order valence-electron chi connectivity index (χ4n) is 2.67. The predicted molar refractivity (Wildman–Crippen MR) is 95.9 cm³/mol. The highest BCUT2D eigenvalue weighted by Crippen LogP contribution is 2.20. The first kappa shape index (κ1) is 16.8. The van der Waals surface area contributed by atoms with E-state index in [1.54, 1.807) is 0 Å². The van der Waals surface area contributed by atoms with Crippen molar-refractivity contribution < 1.29 is 13.6 Å². The SMILES string of the molecule is C[C@H](NC(=O)C=Cc1cc(F)cc(F)c1)c1ccc2ccccc2c1. The van der Waals surface area contributed by atoms with Crippen LogP contribution in [0.15, 0.2) is 66.7 Å². The third-order valence-electron chi connectivity index (χ3n) is 3.94. The molecule has 0 aromatic heterocycles. The highest BCUT2D eigenvalue weighted by molar-refractivity contribution is 5.92. The second-order valence-corrected chi connectivity index (χ2v) is 5.87. The molecule has 25 heavy (non-hydrogen) atoms. The zero-order valence-corrected chi connectivity index (χ0v) is 13.7. The van der Waals surface area contributed by atoms with Crippen molar-refractivity contribution in [1.29, 1.82) is 0 Å². The lowest BCUT2D eigenvalue weighted by molar-refractivity contribution is -0.117. The van der Waals surface area contributed by atoms with Gasteiger partial charge in [0.15, 0.2) is 0 Å². The van der Waals surface area contributed by atoms with Gasteiger partial charge in [0.05, 0.1) is 6.04 Å². The van der Waals surface area contributed by atoms with Crippen LogP contribution in [0.3, 0.4) is 0 Å². The Morgan fingerprint density at radius 2 is 1.64 bits per heavy atom. The second-order valence-electron chi connectivity index (χ2n) is 5.87. The lowest BCUT2D eigenvalue weighted by Crippen LogP contribution is -2.24. The molecule has 1 N–H and O–H groups in total. The molecule has 0 bridgehead atoms. The first-order chi connectivity index (χ1) is 12.0. The number of rotatable bonds is 4. The van der Waals surface area contributed by atoms with Crippen molar-refractivity contribution >= 4 is 22.8 Å². The highest BCUT2D eigenvalue weighted by atomic mass is 19.1. The number of carbonyl (C=O) groups is 1. The molecule has 3 aromatic carbocycles. The van der Waals surface area contributed by atoms with Crippen LogP contribution in [0.5, 0.6) is 0 Å². The van der Waals surface area contributed by atoms with E-state index in [1.165, 1.54) is 24.3 Å². The van der Waals surface area contributed by atoms with Gasteiger partial charge in [0, 0.05) is 12.1 Å². The van der Waals surface area contributed by atoms with Gasteiger partial charge in [0.25, 0.3) is 0 Å². The first-order valence-corrected chi connectivity index (χ1v) is 7.94. The van der Waals surface area contributed by atoms with Crippen LogP contribution in [0.25, 0.3) is 16.8 Å². The van der Waals surface area contributed by atoms with E-state index in [1.807, 2.05) is 49.4 Å². The molecule has 0 spiro atoms. The molecule has 0 unspecified atom stereocenters. The van der Waals surface area contributed by atoms with Crippen molar-refractivity contribution in [3.8, 4) is 0 Å². The van der Waals surface area contributed by atoms with Crippen LogP contribution in [-0.2, 0) is 4.79 Å². The normalized spacial score (nSPS) is 12.4. The Kier molecular flexibility index (Phi) is 4.89. The Labute approximate surface area is 144 Å². The van der Waals surface area contributed by atoms with Gasteiger partial charge in [-0.25, -0.2) is 8.78 Å². The maximum Gasteiger partial charge on any atom is 0.244 e. The van der Waals surface area contributed by atoms with E-state index < -0.39 is 11.6 Å². The van der Waals surface area contributed by atoms with Gasteiger partial charge in [0.2, 0.25) is 5.91 Å². The standard InChI is InChI=1S/C21H17F2NO/c1-14(17-8-7-16-4-2-3-5-18(16)12-17)24-21(25)9-6-15-10-19(22)13-20(23)11-15/h2-14H,1H3,(H,24,25)/t14-/m0/s1. The van der Waals surface area contributed by atoms with E-state index in [4.69, 9.17) is 0 Å². The number of hydrogen-bond donors (Lipinski definition) is 1. The average molecular weight is 337 g/mol. The minimum Gasteiger partial charge on any atom is -0.346 e. The largest absolute Gasteiger partial charge is 0.346 e. The molecule has 3 aromatic rings. The van der Waals surface area contributed by atoms with Gasteiger partial charge in [-0.05, 0) is 53.1 Å². The van der Waals surface area contributed by atoms with Gasteiger partial charge in [-0.2, -0.15) is 0 Å². The molecule has 4 heteroatoms. The maximum atomic E-state index is 13.1. The molecule has 0 heterocycles. The molecule has 126 valence electrons. The van der Waals surface area contributed by atoms with Crippen molar-refractivity contribution in [2.24, 2.45) is 0 Å². The van der Waals surface area contributed by atoms with Crippen molar-refractivity contribution in [1.82, 2.24) is 5.32 Å². The average Bonchev–Trinajstić information content (AvgIpc) is 2.58. The Morgan fingerprint density at radius 3 is 2.36 bits per heavy atom. The molecule has 3 rings (SSSR count). The van der Waals surface area contributed by atoms with E-state index in [9.17, 15) is 13.6 Å². The quantitative estimate of drug-likeness (QED) is 0.666. The van der Waals surface area contributed by atoms with Crippen molar-refractivity contribution in [2.75, 3.05) is 0 Å². The summed E-state index contributed by atoms with van der Waals surface area (Å²) in [5.41, 5.74) is 1.28. The second kappa shape index (κ2) is 7.26. The molecule has 0 fully saturated rings. The summed E-state index contributed by atoms with van der Waals surface area (Å²) in [6, 6.07) is 17.0. The molecule has 2 nitrogen and oxygen atoms in total. The summed E-state index contributed by atoms with van der Waals surface area (Å²) in [5.74, 6) is -1.68. The fraction of sp³-hybridized carbons (Fsp3) is 0.0952. The molecule has 1 atom stereocenters. The van der Waals surface area contributed by atoms with Crippen molar-refractivity contribution in [3.05, 3.63) is 89.5 Å². The Morgan fingerprint density at radius 1 is 0.960 bits per heavy atom. The molecule has 0 aliphatic heterocycles. The summed E-state index contributed by atoms with van der Waals surface area (Å²) in [7, 11) is 0. The Balaban J connectivity index is 1.69. The lowest BCUT2D eigenvalue weighted by atomic mass is 10.0. The smallest absolute Gasteiger partial charge is 0.244 e. The molecular weight excluding hydrogens is 320 g/mol. The third kappa shape index (κ3) is 4.29. The minimum absolute atomic E-state index is 0.189. The molecule has 0 radical (unpaired) electrons. The number of halogens is 2. The highest BCUT2D eigenvalue weighted by Gasteiger charge is 2.08. The third-order valence-corrected chi connectivity index (χ3v) is 3.94. The van der Waals surface area contributed by atoms with Gasteiger partial charge < -0.3 is 5.32 Å². The van der Waals surface area contributed by atoms with Gasteiger partial charge in [0.1, 0.15) is 11.6 Å². The Hall–Kier alpha value is -3.01. The van der Waals surface area contributed by atoms with Crippen LogP contribution in [-0.4, -0.2) is 5.91 Å². The van der Waals surface area contributed by atoms with Crippen LogP contribution in [0, 0.1) is 11.6 Å². The topological polar surface area (TPSA) is 29.1 Å². The summed E-state index contributed by atoms with van der Waals surface area (Å²) < 4.78 is 26.3. The lowest BCUT2D eigenvalue weighted by Gasteiger charge is -2.13. The van der Waals surface area contributed by atoms with Crippen LogP contribution < -0.4 is 5.32 Å². The minimum atomic E-state index is -0.676. The van der Waals surface area contributed by atoms with Crippen LogP contribution in [0.2, 0.25) is 0 Å². The first-order valence-electron chi connectivity index (χ1n) is 7.94. The number of amides is 1. The van der Waals surface area contributed by atoms with Crippen molar-refractivity contribution in [3.63, 3.8) is 0 Å². The summed E-state index contributed by atoms with van der Waals surface area (Å²) in [5, 5.41) is 5.09. The number of carbonyl (C=O) groups excluding carboxylic acids is 1. The van der Waals surface area contributed by atoms with Crippen LogP contribution in [0.4, 0.5) is 8.78 Å². The summed E-state index contributed by atoms with van der Waals surface area (Å²) in [4.78, 5) is 12.0. The van der Waals surface area contributed by atoms with Gasteiger partial charge in [-0.3, -0.25) is 4.79 Å². The summed E-state index contributed by atoms with van der Waals surface area (Å²) in [6.07, 6.45) is 2.65. The summed E-state index contributed by atoms with van der Waals surface area (Å²) in [6.45, 7) is 1.89. The number of fused-ring (bicyclic) bond motifs is 1. The Bertz CT molecular complexity index is 929. The van der Waals surface area contributed by atoms with E-state index >= 15 is 0 Å². The van der Waals surface area contributed by atoms with Crippen LogP contribution in [0.1, 0.15) is 24.1 Å². The summed E-state index contributed by atoms with van der Waals surface area (Å²) >= 11 is 0. The molecular formula is C21H17F2NO. The molecule has 0 aliphatic carbocycles. The zero-order valence-electron chi connectivity index (χ0n) is 13.7. The fourth-order valence-corrected chi connectivity index (χ4v) is 2.67. The molecule has 0 saturated carbocycles. The van der Waals surface area contributed by atoms with E-state index in [0.29, 0.717) is 5.56 Å². The van der Waals surface area contributed by atoms with Crippen LogP contribution >= 0.6 is 0 Å². The maximum absolute atomic E-state index is 13.1. The predicted octanol–water partition coefficient (Wildman–Crippen LogP) is 5.01. The number of hydrogen-bond acceptors (Lipinski definition) is 1. The molecule has 0 aliphatic rings. The number of benzene rings is 3.